The van der Waals surface area contributed by atoms with Crippen LogP contribution in [0.5, 0.6) is 17.2 Å². The van der Waals surface area contributed by atoms with E-state index >= 15 is 0 Å². The Bertz CT molecular complexity index is 467. The minimum atomic E-state index is -1.23. The number of ether oxygens (including phenoxy) is 3. The molecule has 0 aliphatic rings. The maximum atomic E-state index is 10.8. The largest absolute Gasteiger partial charge is 0.493 e. The number of primary amides is 1. The molecule has 1 rings (SSSR count). The molecule has 21 heavy (non-hydrogen) atoms. The van der Waals surface area contributed by atoms with Gasteiger partial charge < -0.3 is 30.4 Å². The van der Waals surface area contributed by atoms with Gasteiger partial charge in [0.05, 0.1) is 21.3 Å². The second kappa shape index (κ2) is 7.70. The maximum absolute atomic E-state index is 10.8. The number of nitrogens with one attached hydrogen (secondary N) is 1. The highest BCUT2D eigenvalue weighted by molar-refractivity contribution is 5.78. The lowest BCUT2D eigenvalue weighted by Crippen LogP contribution is -2.38. The van der Waals surface area contributed by atoms with E-state index in [9.17, 15) is 9.90 Å². The Hall–Kier alpha value is -1.99. The third-order valence-corrected chi connectivity index (χ3v) is 3.13. The molecule has 2 unspecified atom stereocenters. The van der Waals surface area contributed by atoms with E-state index in [-0.39, 0.29) is 12.6 Å². The predicted octanol–water partition coefficient (Wildman–Crippen LogP) is 0.209. The summed E-state index contributed by atoms with van der Waals surface area (Å²) in [6.07, 6.45) is -1.23. The van der Waals surface area contributed by atoms with Gasteiger partial charge in [-0.1, -0.05) is 0 Å². The normalized spacial score (nSPS) is 13.4. The molecule has 0 radical (unpaired) electrons. The van der Waals surface area contributed by atoms with Crippen LogP contribution in [0.15, 0.2) is 12.1 Å². The second-order valence-corrected chi connectivity index (χ2v) is 4.51. The van der Waals surface area contributed by atoms with Crippen LogP contribution in [0, 0.1) is 0 Å². The Morgan fingerprint density at radius 3 is 2.14 bits per heavy atom. The first-order valence-electron chi connectivity index (χ1n) is 6.45. The third kappa shape index (κ3) is 4.24. The molecule has 7 heteroatoms. The van der Waals surface area contributed by atoms with Crippen molar-refractivity contribution in [3.63, 3.8) is 0 Å². The molecule has 0 saturated carbocycles. The van der Waals surface area contributed by atoms with Gasteiger partial charge in [0, 0.05) is 12.6 Å². The number of methoxy groups -OCH3 is 3. The number of amides is 1. The minimum Gasteiger partial charge on any atom is -0.493 e. The van der Waals surface area contributed by atoms with E-state index in [4.69, 9.17) is 19.9 Å². The molecule has 7 nitrogen and oxygen atoms in total. The van der Waals surface area contributed by atoms with Gasteiger partial charge in [-0.3, -0.25) is 4.79 Å². The van der Waals surface area contributed by atoms with Crippen molar-refractivity contribution in [3.05, 3.63) is 17.7 Å². The highest BCUT2D eigenvalue weighted by Crippen LogP contribution is 2.39. The molecular formula is C14H22N2O5. The molecule has 2 atom stereocenters. The fourth-order valence-corrected chi connectivity index (χ4v) is 1.86. The number of hydrogen-bond donors (Lipinski definition) is 3. The third-order valence-electron chi connectivity index (χ3n) is 3.13. The summed E-state index contributed by atoms with van der Waals surface area (Å²) in [5.41, 5.74) is 5.87. The smallest absolute Gasteiger partial charge is 0.247 e. The summed E-state index contributed by atoms with van der Waals surface area (Å²) >= 11 is 0. The van der Waals surface area contributed by atoms with Crippen molar-refractivity contribution in [3.8, 4) is 17.2 Å². The van der Waals surface area contributed by atoms with Crippen LogP contribution in [0.2, 0.25) is 0 Å². The zero-order valence-corrected chi connectivity index (χ0v) is 12.7. The van der Waals surface area contributed by atoms with Crippen molar-refractivity contribution in [1.29, 1.82) is 0 Å². The molecule has 0 aliphatic heterocycles. The average Bonchev–Trinajstić information content (AvgIpc) is 2.50. The Balaban J connectivity index is 2.94. The molecule has 118 valence electrons. The molecule has 0 fully saturated rings. The second-order valence-electron chi connectivity index (χ2n) is 4.51. The Labute approximate surface area is 124 Å². The molecule has 0 spiro atoms. The number of rotatable bonds is 8. The summed E-state index contributed by atoms with van der Waals surface area (Å²) in [5.74, 6) is 0.819. The molecule has 0 aromatic heterocycles. The van der Waals surface area contributed by atoms with E-state index in [0.717, 1.165) is 5.56 Å². The minimum absolute atomic E-state index is 0.0627. The highest BCUT2D eigenvalue weighted by atomic mass is 16.5. The Morgan fingerprint density at radius 1 is 1.24 bits per heavy atom. The highest BCUT2D eigenvalue weighted by Gasteiger charge is 2.17. The Morgan fingerprint density at radius 2 is 1.76 bits per heavy atom. The molecule has 0 aliphatic carbocycles. The molecule has 0 heterocycles. The first kappa shape index (κ1) is 17.1. The van der Waals surface area contributed by atoms with Crippen molar-refractivity contribution < 1.29 is 24.1 Å². The van der Waals surface area contributed by atoms with E-state index in [0.29, 0.717) is 17.2 Å². The van der Waals surface area contributed by atoms with Crippen molar-refractivity contribution in [2.75, 3.05) is 27.9 Å². The van der Waals surface area contributed by atoms with E-state index in [2.05, 4.69) is 5.32 Å². The number of benzene rings is 1. The average molecular weight is 298 g/mol. The van der Waals surface area contributed by atoms with Gasteiger partial charge in [-0.2, -0.15) is 0 Å². The van der Waals surface area contributed by atoms with Gasteiger partial charge in [0.1, 0.15) is 6.10 Å². The summed E-state index contributed by atoms with van der Waals surface area (Å²) < 4.78 is 15.8. The molecule has 1 aromatic rings. The summed E-state index contributed by atoms with van der Waals surface area (Å²) in [6.45, 7) is 1.95. The van der Waals surface area contributed by atoms with Crippen LogP contribution in [-0.2, 0) is 4.79 Å². The van der Waals surface area contributed by atoms with E-state index in [1.807, 2.05) is 6.92 Å². The van der Waals surface area contributed by atoms with Crippen molar-refractivity contribution in [2.24, 2.45) is 5.73 Å². The number of carbonyl (C=O) groups is 1. The van der Waals surface area contributed by atoms with Crippen LogP contribution in [-0.4, -0.2) is 45.0 Å². The molecule has 4 N–H and O–H groups in total. The first-order chi connectivity index (χ1) is 9.94. The monoisotopic (exact) mass is 298 g/mol. The van der Waals surface area contributed by atoms with Crippen molar-refractivity contribution in [2.45, 2.75) is 19.1 Å². The number of aliphatic hydroxyl groups is 1. The number of carbonyl (C=O) groups excluding carboxylic acids is 1. The summed E-state index contributed by atoms with van der Waals surface area (Å²) in [4.78, 5) is 10.8. The van der Waals surface area contributed by atoms with Gasteiger partial charge in [-0.25, -0.2) is 0 Å². The van der Waals surface area contributed by atoms with E-state index in [1.54, 1.807) is 12.1 Å². The number of hydrogen-bond acceptors (Lipinski definition) is 6. The quantitative estimate of drug-likeness (QED) is 0.634. The Kier molecular flexibility index (Phi) is 6.26. The summed E-state index contributed by atoms with van der Waals surface area (Å²) in [6, 6.07) is 3.46. The van der Waals surface area contributed by atoms with Gasteiger partial charge >= 0.3 is 0 Å². The van der Waals surface area contributed by atoms with E-state index < -0.39 is 12.0 Å². The van der Waals surface area contributed by atoms with Gasteiger partial charge in [0.25, 0.3) is 0 Å². The molecule has 1 amide bonds. The fourth-order valence-electron chi connectivity index (χ4n) is 1.86. The molecule has 0 saturated heterocycles. The van der Waals surface area contributed by atoms with Gasteiger partial charge in [0.15, 0.2) is 11.5 Å². The van der Waals surface area contributed by atoms with Crippen molar-refractivity contribution >= 4 is 5.91 Å². The van der Waals surface area contributed by atoms with Crippen LogP contribution in [0.1, 0.15) is 18.5 Å². The molecular weight excluding hydrogens is 276 g/mol. The lowest BCUT2D eigenvalue weighted by Gasteiger charge is -2.19. The van der Waals surface area contributed by atoms with Crippen LogP contribution in [0.25, 0.3) is 0 Å². The first-order valence-corrected chi connectivity index (χ1v) is 6.45. The van der Waals surface area contributed by atoms with Gasteiger partial charge in [0.2, 0.25) is 11.7 Å². The zero-order valence-electron chi connectivity index (χ0n) is 12.7. The SMILES string of the molecule is COc1cc(C(C)NCC(O)C(N)=O)cc(OC)c1OC. The zero-order chi connectivity index (χ0) is 16.0. The van der Waals surface area contributed by atoms with E-state index in [1.165, 1.54) is 21.3 Å². The summed E-state index contributed by atoms with van der Waals surface area (Å²) in [7, 11) is 4.61. The number of aliphatic hydroxyl groups excluding tert-OH is 1. The number of nitrogens with two attached hydrogens (primary N) is 1. The maximum Gasteiger partial charge on any atom is 0.247 e. The van der Waals surface area contributed by atoms with Crippen LogP contribution < -0.4 is 25.3 Å². The molecule has 0 bridgehead atoms. The predicted molar refractivity (Wildman–Crippen MR) is 77.7 cm³/mol. The lowest BCUT2D eigenvalue weighted by atomic mass is 10.1. The van der Waals surface area contributed by atoms with Crippen LogP contribution in [0.4, 0.5) is 0 Å². The lowest BCUT2D eigenvalue weighted by molar-refractivity contribution is -0.125. The van der Waals surface area contributed by atoms with Crippen LogP contribution >= 0.6 is 0 Å². The van der Waals surface area contributed by atoms with Gasteiger partial charge in [-0.15, -0.1) is 0 Å². The standard InChI is InChI=1S/C14H22N2O5/c1-8(16-7-10(17)14(15)18)9-5-11(19-2)13(21-4)12(6-9)20-3/h5-6,8,10,16-17H,7H2,1-4H3,(H2,15,18). The molecule has 1 aromatic carbocycles. The summed E-state index contributed by atoms with van der Waals surface area (Å²) in [5, 5.41) is 12.4. The van der Waals surface area contributed by atoms with Crippen LogP contribution in [0.3, 0.4) is 0 Å². The van der Waals surface area contributed by atoms with Gasteiger partial charge in [-0.05, 0) is 24.6 Å². The topological polar surface area (TPSA) is 103 Å². The van der Waals surface area contributed by atoms with Crippen molar-refractivity contribution in [1.82, 2.24) is 5.32 Å². The fraction of sp³-hybridized carbons (Fsp3) is 0.500.